The van der Waals surface area contributed by atoms with Crippen LogP contribution in [0.25, 0.3) is 0 Å². The molecule has 6 fully saturated rings. The maximum atomic E-state index is 6.09. The first-order valence-electron chi connectivity index (χ1n) is 10.1. The molecule has 4 aliphatic heterocycles. The molecule has 0 amide bonds. The predicted molar refractivity (Wildman–Crippen MR) is 85.5 cm³/mol. The third-order valence-corrected chi connectivity index (χ3v) is 7.73. The number of ether oxygens (including phenoxy) is 6. The van der Waals surface area contributed by atoms with Gasteiger partial charge in [-0.05, 0) is 43.9 Å². The fourth-order valence-corrected chi connectivity index (χ4v) is 5.85. The van der Waals surface area contributed by atoms with Crippen molar-refractivity contribution in [3.8, 4) is 0 Å². The Kier molecular flexibility index (Phi) is 3.41. The molecule has 0 radical (unpaired) electrons. The highest BCUT2D eigenvalue weighted by Gasteiger charge is 2.61. The van der Waals surface area contributed by atoms with E-state index in [0.29, 0.717) is 68.6 Å². The van der Waals surface area contributed by atoms with Gasteiger partial charge in [0.2, 0.25) is 0 Å². The Balaban J connectivity index is 1.09. The van der Waals surface area contributed by atoms with E-state index >= 15 is 0 Å². The van der Waals surface area contributed by atoms with Crippen molar-refractivity contribution in [3.05, 3.63) is 0 Å². The summed E-state index contributed by atoms with van der Waals surface area (Å²) in [4.78, 5) is 0. The van der Waals surface area contributed by atoms with E-state index in [0.717, 1.165) is 6.42 Å². The number of rotatable bonds is 3. The summed E-state index contributed by atoms with van der Waals surface area (Å²) in [6.45, 7) is 4.75. The lowest BCUT2D eigenvalue weighted by molar-refractivity contribution is -0.544. The minimum atomic E-state index is -1.28. The molecule has 6 heteroatoms. The van der Waals surface area contributed by atoms with Crippen LogP contribution in [0.15, 0.2) is 0 Å². The van der Waals surface area contributed by atoms with Crippen LogP contribution in [-0.2, 0) is 28.4 Å². The van der Waals surface area contributed by atoms with Gasteiger partial charge in [0.05, 0.1) is 50.8 Å². The molecule has 1 spiro atoms. The average Bonchev–Trinajstić information content (AvgIpc) is 3.54. The zero-order chi connectivity index (χ0) is 16.6. The van der Waals surface area contributed by atoms with E-state index in [1.807, 2.05) is 0 Å². The summed E-state index contributed by atoms with van der Waals surface area (Å²) >= 11 is 0. The molecule has 0 aromatic carbocycles. The van der Waals surface area contributed by atoms with Crippen LogP contribution < -0.4 is 0 Å². The van der Waals surface area contributed by atoms with Gasteiger partial charge in [-0.3, -0.25) is 0 Å². The van der Waals surface area contributed by atoms with E-state index < -0.39 is 6.16 Å². The summed E-state index contributed by atoms with van der Waals surface area (Å²) in [6, 6.07) is 0. The molecule has 140 valence electrons. The molecule has 25 heavy (non-hydrogen) atoms. The van der Waals surface area contributed by atoms with Gasteiger partial charge in [0.1, 0.15) is 0 Å². The third kappa shape index (κ3) is 2.38. The topological polar surface area (TPSA) is 62.0 Å². The normalized spacial score (nSPS) is 59.6. The van der Waals surface area contributed by atoms with E-state index in [9.17, 15) is 0 Å². The monoisotopic (exact) mass is 352 g/mol. The van der Waals surface area contributed by atoms with Crippen LogP contribution >= 0.6 is 0 Å². The van der Waals surface area contributed by atoms with Gasteiger partial charge in [0.25, 0.3) is 0 Å². The highest BCUT2D eigenvalue weighted by Crippen LogP contribution is 2.54. The Morgan fingerprint density at radius 3 is 2.00 bits per heavy atom. The average molecular weight is 352 g/mol. The van der Waals surface area contributed by atoms with Crippen molar-refractivity contribution in [2.75, 3.05) is 26.4 Å². The van der Waals surface area contributed by atoms with Crippen LogP contribution in [0.2, 0.25) is 0 Å². The van der Waals surface area contributed by atoms with Gasteiger partial charge in [-0.2, -0.15) is 0 Å². The molecular weight excluding hydrogens is 324 g/mol. The van der Waals surface area contributed by atoms with Crippen LogP contribution in [0.5, 0.6) is 0 Å². The van der Waals surface area contributed by atoms with Gasteiger partial charge in [0, 0.05) is 11.3 Å². The first kappa shape index (κ1) is 15.8. The quantitative estimate of drug-likeness (QED) is 0.725. The summed E-state index contributed by atoms with van der Waals surface area (Å²) < 4.78 is 35.6. The van der Waals surface area contributed by atoms with Crippen LogP contribution in [0.4, 0.5) is 0 Å². The highest BCUT2D eigenvalue weighted by molar-refractivity contribution is 5.05. The second kappa shape index (κ2) is 5.40. The van der Waals surface area contributed by atoms with Crippen molar-refractivity contribution in [1.82, 2.24) is 0 Å². The maximum absolute atomic E-state index is 6.09. The zero-order valence-electron chi connectivity index (χ0n) is 14.9. The fourth-order valence-electron chi connectivity index (χ4n) is 5.85. The van der Waals surface area contributed by atoms with E-state index in [2.05, 4.69) is 6.92 Å². The Morgan fingerprint density at radius 1 is 0.800 bits per heavy atom. The van der Waals surface area contributed by atoms with Gasteiger partial charge in [-0.15, -0.1) is 0 Å². The second-order valence-corrected chi connectivity index (χ2v) is 8.88. The number of hydrogen-bond donors (Lipinski definition) is 0. The smallest absolute Gasteiger partial charge is 0.369 e. The minimum absolute atomic E-state index is 0.0330. The van der Waals surface area contributed by atoms with E-state index in [4.69, 9.17) is 28.4 Å². The van der Waals surface area contributed by atoms with Gasteiger partial charge < -0.3 is 28.4 Å². The molecule has 0 N–H and O–H groups in total. The number of fused-ring (bicyclic) bond motifs is 2. The molecule has 4 saturated heterocycles. The van der Waals surface area contributed by atoms with Gasteiger partial charge >= 0.3 is 6.16 Å². The summed E-state index contributed by atoms with van der Waals surface area (Å²) in [5.41, 5.74) is 0.0330. The molecule has 6 nitrogen and oxygen atoms in total. The number of hydrogen-bond acceptors (Lipinski definition) is 6. The van der Waals surface area contributed by atoms with E-state index in [1.165, 1.54) is 25.7 Å². The summed E-state index contributed by atoms with van der Waals surface area (Å²) in [7, 11) is 0. The van der Waals surface area contributed by atoms with Gasteiger partial charge in [-0.25, -0.2) is 0 Å². The molecule has 0 aromatic heterocycles. The molecular formula is C19H28O6. The van der Waals surface area contributed by atoms with Crippen molar-refractivity contribution in [2.24, 2.45) is 23.2 Å². The summed E-state index contributed by atoms with van der Waals surface area (Å²) in [5.74, 6) is 1.50. The van der Waals surface area contributed by atoms with Crippen molar-refractivity contribution in [1.29, 1.82) is 0 Å². The van der Waals surface area contributed by atoms with Crippen LogP contribution in [0.1, 0.15) is 39.0 Å². The molecule has 4 heterocycles. The van der Waals surface area contributed by atoms with Crippen molar-refractivity contribution in [2.45, 2.75) is 69.6 Å². The lowest BCUT2D eigenvalue weighted by Gasteiger charge is -2.49. The molecule has 0 bridgehead atoms. The molecule has 6 rings (SSSR count). The molecule has 6 atom stereocenters. The lowest BCUT2D eigenvalue weighted by atomic mass is 9.72. The van der Waals surface area contributed by atoms with E-state index in [-0.39, 0.29) is 5.41 Å². The van der Waals surface area contributed by atoms with Gasteiger partial charge in [-0.1, -0.05) is 6.92 Å². The largest absolute Gasteiger partial charge is 0.412 e. The SMILES string of the molecule is CCC1(C2CCC3OC32)COC2(OCC(C3CCC4OC43)CO2)OC1. The summed E-state index contributed by atoms with van der Waals surface area (Å²) in [6.07, 6.45) is 6.44. The number of epoxide rings is 2. The maximum Gasteiger partial charge on any atom is 0.412 e. The molecule has 2 saturated carbocycles. The summed E-state index contributed by atoms with van der Waals surface area (Å²) in [5, 5.41) is 0. The Morgan fingerprint density at radius 2 is 1.48 bits per heavy atom. The zero-order valence-corrected chi connectivity index (χ0v) is 14.9. The van der Waals surface area contributed by atoms with Crippen LogP contribution in [0.3, 0.4) is 0 Å². The van der Waals surface area contributed by atoms with Crippen LogP contribution in [-0.4, -0.2) is 57.0 Å². The van der Waals surface area contributed by atoms with Gasteiger partial charge in [0.15, 0.2) is 0 Å². The first-order chi connectivity index (χ1) is 12.2. The highest BCUT2D eigenvalue weighted by atomic mass is 17.0. The molecule has 2 aliphatic carbocycles. The Bertz CT molecular complexity index is 534. The Hall–Kier alpha value is -0.240. The molecule has 0 aromatic rings. The molecule has 6 unspecified atom stereocenters. The van der Waals surface area contributed by atoms with E-state index in [1.54, 1.807) is 0 Å². The fraction of sp³-hybridized carbons (Fsp3) is 1.00. The first-order valence-corrected chi connectivity index (χ1v) is 10.1. The third-order valence-electron chi connectivity index (χ3n) is 7.73. The second-order valence-electron chi connectivity index (χ2n) is 8.88. The molecule has 6 aliphatic rings. The van der Waals surface area contributed by atoms with Crippen LogP contribution in [0, 0.1) is 23.2 Å². The standard InChI is InChI=1S/C19H28O6/c1-2-18(13-4-6-15-17(13)25-15)9-22-19(23-10-18)20-7-11(8-21-19)12-3-5-14-16(12)24-14/h11-17H,2-10H2,1H3. The van der Waals surface area contributed by atoms with Crippen molar-refractivity contribution >= 4 is 0 Å². The predicted octanol–water partition coefficient (Wildman–Crippen LogP) is 2.06. The minimum Gasteiger partial charge on any atom is -0.369 e. The van der Waals surface area contributed by atoms with Crippen molar-refractivity contribution in [3.63, 3.8) is 0 Å². The lowest BCUT2D eigenvalue weighted by Crippen LogP contribution is -2.58. The van der Waals surface area contributed by atoms with Crippen molar-refractivity contribution < 1.29 is 28.4 Å². The Labute approximate surface area is 148 Å².